The standard InChI is InChI=1S/C22H19N3O3S3/c26-22(20-11-10-19(29-20)21-23-17-8-4-5-9-18(17)30-21)24-12-14-25(15-13-24)31(27,28)16-6-2-1-3-7-16/h1-11H,12-15H2. The summed E-state index contributed by atoms with van der Waals surface area (Å²) in [4.78, 5) is 21.3. The summed E-state index contributed by atoms with van der Waals surface area (Å²) in [6.07, 6.45) is 0. The molecule has 0 N–H and O–H groups in total. The summed E-state index contributed by atoms with van der Waals surface area (Å²) in [5.41, 5.74) is 0.958. The lowest BCUT2D eigenvalue weighted by molar-refractivity contribution is 0.0703. The van der Waals surface area contributed by atoms with Crippen LogP contribution in [0.5, 0.6) is 0 Å². The minimum atomic E-state index is -3.53. The van der Waals surface area contributed by atoms with Crippen LogP contribution in [0.1, 0.15) is 9.67 Å². The summed E-state index contributed by atoms with van der Waals surface area (Å²) >= 11 is 3.04. The second kappa shape index (κ2) is 8.16. The Morgan fingerprint density at radius 3 is 2.29 bits per heavy atom. The predicted molar refractivity (Wildman–Crippen MR) is 124 cm³/mol. The third-order valence-electron chi connectivity index (χ3n) is 5.23. The van der Waals surface area contributed by atoms with E-state index in [0.717, 1.165) is 20.1 Å². The number of carbonyl (C=O) groups is 1. The Kier molecular flexibility index (Phi) is 5.35. The van der Waals surface area contributed by atoms with E-state index < -0.39 is 10.0 Å². The molecular weight excluding hydrogens is 450 g/mol. The van der Waals surface area contributed by atoms with Gasteiger partial charge in [-0.05, 0) is 36.4 Å². The molecule has 5 rings (SSSR count). The van der Waals surface area contributed by atoms with Crippen molar-refractivity contribution >= 4 is 48.8 Å². The average molecular weight is 470 g/mol. The molecule has 158 valence electrons. The van der Waals surface area contributed by atoms with Crippen molar-refractivity contribution in [3.05, 3.63) is 71.6 Å². The molecule has 2 aromatic carbocycles. The minimum Gasteiger partial charge on any atom is -0.335 e. The number of amides is 1. The molecule has 1 aliphatic heterocycles. The first-order chi connectivity index (χ1) is 15.0. The molecule has 1 saturated heterocycles. The zero-order valence-electron chi connectivity index (χ0n) is 16.5. The lowest BCUT2D eigenvalue weighted by Gasteiger charge is -2.33. The Morgan fingerprint density at radius 1 is 0.839 bits per heavy atom. The Bertz CT molecular complexity index is 1300. The lowest BCUT2D eigenvalue weighted by Crippen LogP contribution is -2.50. The van der Waals surface area contributed by atoms with Gasteiger partial charge in [0.2, 0.25) is 10.0 Å². The number of nitrogens with zero attached hydrogens (tertiary/aromatic N) is 3. The van der Waals surface area contributed by atoms with Gasteiger partial charge in [0.1, 0.15) is 5.01 Å². The van der Waals surface area contributed by atoms with E-state index in [4.69, 9.17) is 0 Å². The van der Waals surface area contributed by atoms with Crippen molar-refractivity contribution < 1.29 is 13.2 Å². The van der Waals surface area contributed by atoms with E-state index in [2.05, 4.69) is 4.98 Å². The molecule has 1 fully saturated rings. The van der Waals surface area contributed by atoms with Gasteiger partial charge in [-0.1, -0.05) is 30.3 Å². The number of piperazine rings is 1. The van der Waals surface area contributed by atoms with Crippen LogP contribution in [0.25, 0.3) is 20.1 Å². The highest BCUT2D eigenvalue weighted by Gasteiger charge is 2.30. The van der Waals surface area contributed by atoms with Gasteiger partial charge in [0.05, 0.1) is 24.9 Å². The second-order valence-corrected chi connectivity index (χ2v) is 11.2. The molecule has 0 atom stereocenters. The summed E-state index contributed by atoms with van der Waals surface area (Å²) in [6.45, 7) is 1.33. The van der Waals surface area contributed by atoms with Crippen molar-refractivity contribution in [1.82, 2.24) is 14.2 Å². The van der Waals surface area contributed by atoms with Gasteiger partial charge in [-0.15, -0.1) is 22.7 Å². The van der Waals surface area contributed by atoms with Crippen LogP contribution in [0.3, 0.4) is 0 Å². The van der Waals surface area contributed by atoms with Gasteiger partial charge in [0.25, 0.3) is 5.91 Å². The Balaban J connectivity index is 1.28. The maximum Gasteiger partial charge on any atom is 0.264 e. The molecule has 0 saturated carbocycles. The van der Waals surface area contributed by atoms with E-state index in [1.165, 1.54) is 15.6 Å². The zero-order valence-corrected chi connectivity index (χ0v) is 18.9. The van der Waals surface area contributed by atoms with Crippen LogP contribution in [-0.4, -0.2) is 54.7 Å². The fraction of sp³-hybridized carbons (Fsp3) is 0.182. The summed E-state index contributed by atoms with van der Waals surface area (Å²) < 4.78 is 28.1. The molecule has 1 amide bonds. The van der Waals surface area contributed by atoms with Crippen molar-refractivity contribution in [3.63, 3.8) is 0 Å². The summed E-state index contributed by atoms with van der Waals surface area (Å²) in [5.74, 6) is -0.0610. The number of benzene rings is 2. The van der Waals surface area contributed by atoms with Crippen molar-refractivity contribution in [3.8, 4) is 9.88 Å². The molecule has 0 spiro atoms. The Labute approximate surface area is 188 Å². The third-order valence-corrected chi connectivity index (χ3v) is 9.42. The molecule has 0 radical (unpaired) electrons. The molecular formula is C22H19N3O3S3. The number of fused-ring (bicyclic) bond motifs is 1. The normalized spacial score (nSPS) is 15.4. The van der Waals surface area contributed by atoms with E-state index in [1.807, 2.05) is 36.4 Å². The number of para-hydroxylation sites is 1. The van der Waals surface area contributed by atoms with E-state index in [-0.39, 0.29) is 10.8 Å². The number of carbonyl (C=O) groups excluding carboxylic acids is 1. The number of aromatic nitrogens is 1. The van der Waals surface area contributed by atoms with Crippen LogP contribution in [0.4, 0.5) is 0 Å². The van der Waals surface area contributed by atoms with Crippen molar-refractivity contribution in [2.75, 3.05) is 26.2 Å². The summed E-state index contributed by atoms with van der Waals surface area (Å²) in [7, 11) is -3.53. The fourth-order valence-electron chi connectivity index (χ4n) is 3.57. The summed E-state index contributed by atoms with van der Waals surface area (Å²) in [5, 5.41) is 0.907. The summed E-state index contributed by atoms with van der Waals surface area (Å²) in [6, 6.07) is 20.2. The molecule has 4 aromatic rings. The topological polar surface area (TPSA) is 70.6 Å². The molecule has 2 aromatic heterocycles. The van der Waals surface area contributed by atoms with Crippen molar-refractivity contribution in [1.29, 1.82) is 0 Å². The SMILES string of the molecule is O=C(c1ccc(-c2nc3ccccc3s2)s1)N1CCN(S(=O)(=O)c2ccccc2)CC1. The van der Waals surface area contributed by atoms with E-state index >= 15 is 0 Å². The number of rotatable bonds is 4. The Morgan fingerprint density at radius 2 is 1.55 bits per heavy atom. The number of hydrogen-bond donors (Lipinski definition) is 0. The quantitative estimate of drug-likeness (QED) is 0.450. The monoisotopic (exact) mass is 469 g/mol. The number of hydrogen-bond acceptors (Lipinski definition) is 6. The largest absolute Gasteiger partial charge is 0.335 e. The van der Waals surface area contributed by atoms with Crippen molar-refractivity contribution in [2.45, 2.75) is 4.90 Å². The first-order valence-electron chi connectivity index (χ1n) is 9.83. The van der Waals surface area contributed by atoms with E-state index in [1.54, 1.807) is 46.6 Å². The van der Waals surface area contributed by atoms with Gasteiger partial charge >= 0.3 is 0 Å². The highest BCUT2D eigenvalue weighted by Crippen LogP contribution is 2.35. The van der Waals surface area contributed by atoms with E-state index in [9.17, 15) is 13.2 Å². The van der Waals surface area contributed by atoms with Crippen LogP contribution in [-0.2, 0) is 10.0 Å². The molecule has 6 nitrogen and oxygen atoms in total. The number of thiophene rings is 1. The molecule has 0 unspecified atom stereocenters. The van der Waals surface area contributed by atoms with E-state index in [0.29, 0.717) is 31.1 Å². The van der Waals surface area contributed by atoms with Gasteiger partial charge in [-0.3, -0.25) is 4.79 Å². The van der Waals surface area contributed by atoms with Crippen LogP contribution < -0.4 is 0 Å². The molecule has 9 heteroatoms. The molecule has 3 heterocycles. The average Bonchev–Trinajstić information content (AvgIpc) is 3.46. The van der Waals surface area contributed by atoms with Crippen LogP contribution in [0, 0.1) is 0 Å². The van der Waals surface area contributed by atoms with Gasteiger partial charge in [-0.25, -0.2) is 13.4 Å². The first-order valence-corrected chi connectivity index (χ1v) is 12.9. The maximum absolute atomic E-state index is 13.0. The molecule has 0 bridgehead atoms. The minimum absolute atomic E-state index is 0.0610. The van der Waals surface area contributed by atoms with Gasteiger partial charge in [0.15, 0.2) is 0 Å². The van der Waals surface area contributed by atoms with Crippen molar-refractivity contribution in [2.24, 2.45) is 0 Å². The lowest BCUT2D eigenvalue weighted by atomic mass is 10.3. The smallest absolute Gasteiger partial charge is 0.264 e. The van der Waals surface area contributed by atoms with Gasteiger partial charge in [0, 0.05) is 26.2 Å². The maximum atomic E-state index is 13.0. The second-order valence-electron chi connectivity index (χ2n) is 7.16. The predicted octanol–water partition coefficient (Wildman–Crippen LogP) is 4.17. The van der Waals surface area contributed by atoms with Gasteiger partial charge in [-0.2, -0.15) is 4.31 Å². The Hall–Kier alpha value is -2.59. The number of sulfonamides is 1. The third kappa shape index (κ3) is 3.89. The number of thiazole rings is 1. The molecule has 1 aliphatic rings. The fourth-order valence-corrected chi connectivity index (χ4v) is 7.01. The highest BCUT2D eigenvalue weighted by atomic mass is 32.2. The first kappa shape index (κ1) is 20.3. The van der Waals surface area contributed by atoms with Crippen LogP contribution in [0.2, 0.25) is 0 Å². The molecule has 0 aliphatic carbocycles. The van der Waals surface area contributed by atoms with Gasteiger partial charge < -0.3 is 4.90 Å². The van der Waals surface area contributed by atoms with Crippen LogP contribution >= 0.6 is 22.7 Å². The van der Waals surface area contributed by atoms with Crippen LogP contribution in [0.15, 0.2) is 71.6 Å². The highest BCUT2D eigenvalue weighted by molar-refractivity contribution is 7.89. The molecule has 31 heavy (non-hydrogen) atoms. The zero-order chi connectivity index (χ0) is 21.4.